The van der Waals surface area contributed by atoms with Gasteiger partial charge in [0.15, 0.2) is 0 Å². The van der Waals surface area contributed by atoms with Gasteiger partial charge >= 0.3 is 0 Å². The fraction of sp³-hybridized carbons (Fsp3) is 0.267. The lowest BCUT2D eigenvalue weighted by atomic mass is 9.98. The average Bonchev–Trinajstić information content (AvgIpc) is 2.77. The molecule has 1 aromatic heterocycles. The number of carbonyl (C=O) groups is 1. The highest BCUT2D eigenvalue weighted by Gasteiger charge is 2.15. The van der Waals surface area contributed by atoms with E-state index >= 15 is 0 Å². The Balaban J connectivity index is 2.34. The quantitative estimate of drug-likeness (QED) is 0.888. The van der Waals surface area contributed by atoms with Crippen LogP contribution in [-0.4, -0.2) is 5.91 Å². The maximum absolute atomic E-state index is 12.2. The van der Waals surface area contributed by atoms with Gasteiger partial charge in [-0.2, -0.15) is 0 Å². The summed E-state index contributed by atoms with van der Waals surface area (Å²) >= 11 is 1.36. The first-order valence-corrected chi connectivity index (χ1v) is 7.12. The van der Waals surface area contributed by atoms with Crippen molar-refractivity contribution in [1.82, 2.24) is 0 Å². The number of nitrogens with two attached hydrogens (primary N) is 1. The van der Waals surface area contributed by atoms with Crippen LogP contribution in [0.5, 0.6) is 0 Å². The summed E-state index contributed by atoms with van der Waals surface area (Å²) in [7, 11) is 0. The van der Waals surface area contributed by atoms with Crippen molar-refractivity contribution in [3.8, 4) is 0 Å². The van der Waals surface area contributed by atoms with Crippen molar-refractivity contribution < 1.29 is 4.79 Å². The predicted octanol–water partition coefficient (Wildman–Crippen LogP) is 4.01. The number of anilines is 2. The molecule has 0 fully saturated rings. The molecule has 3 N–H and O–H groups in total. The summed E-state index contributed by atoms with van der Waals surface area (Å²) in [5.74, 6) is 0.222. The number of hydrogen-bond donors (Lipinski definition) is 2. The number of carbonyl (C=O) groups excluding carboxylic acids is 1. The number of nitrogen functional groups attached to an aromatic ring is 1. The van der Waals surface area contributed by atoms with Gasteiger partial charge in [-0.25, -0.2) is 0 Å². The summed E-state index contributed by atoms with van der Waals surface area (Å²) in [5.41, 5.74) is 9.42. The standard InChI is InChI=1S/C15H18N2OS/c1-9(2)11-6-4-5-10(3)13(11)17-15(18)14-12(16)7-8-19-14/h4-9H,16H2,1-3H3,(H,17,18). The van der Waals surface area contributed by atoms with Crippen LogP contribution in [0.3, 0.4) is 0 Å². The Kier molecular flexibility index (Phi) is 3.90. The number of rotatable bonds is 3. The lowest BCUT2D eigenvalue weighted by molar-refractivity contribution is 0.103. The molecule has 4 heteroatoms. The van der Waals surface area contributed by atoms with Crippen molar-refractivity contribution in [2.75, 3.05) is 11.1 Å². The molecule has 0 saturated carbocycles. The molecule has 1 aromatic carbocycles. The Bertz CT molecular complexity index is 602. The van der Waals surface area contributed by atoms with Crippen LogP contribution in [-0.2, 0) is 0 Å². The summed E-state index contributed by atoms with van der Waals surface area (Å²) < 4.78 is 0. The molecule has 0 aliphatic rings. The zero-order valence-electron chi connectivity index (χ0n) is 11.4. The maximum atomic E-state index is 12.2. The largest absolute Gasteiger partial charge is 0.397 e. The van der Waals surface area contributed by atoms with Crippen molar-refractivity contribution in [2.45, 2.75) is 26.7 Å². The molecule has 19 heavy (non-hydrogen) atoms. The van der Waals surface area contributed by atoms with Crippen LogP contribution in [0.1, 0.15) is 40.6 Å². The topological polar surface area (TPSA) is 55.1 Å². The lowest BCUT2D eigenvalue weighted by Gasteiger charge is -2.16. The Hall–Kier alpha value is -1.81. The second-order valence-electron chi connectivity index (χ2n) is 4.85. The normalized spacial score (nSPS) is 10.7. The van der Waals surface area contributed by atoms with E-state index in [4.69, 9.17) is 5.73 Å². The Morgan fingerprint density at radius 1 is 1.32 bits per heavy atom. The first-order chi connectivity index (χ1) is 9.00. The molecular weight excluding hydrogens is 256 g/mol. The third kappa shape index (κ3) is 2.79. The zero-order valence-corrected chi connectivity index (χ0v) is 12.2. The SMILES string of the molecule is Cc1cccc(C(C)C)c1NC(=O)c1sccc1N. The lowest BCUT2D eigenvalue weighted by Crippen LogP contribution is -2.14. The summed E-state index contributed by atoms with van der Waals surface area (Å²) in [6.07, 6.45) is 0. The van der Waals surface area contributed by atoms with E-state index in [1.165, 1.54) is 11.3 Å². The number of nitrogens with one attached hydrogen (secondary N) is 1. The van der Waals surface area contributed by atoms with Crippen molar-refractivity contribution in [1.29, 1.82) is 0 Å². The van der Waals surface area contributed by atoms with Gasteiger partial charge in [0.25, 0.3) is 5.91 Å². The number of benzene rings is 1. The van der Waals surface area contributed by atoms with Gasteiger partial charge in [0, 0.05) is 5.69 Å². The van der Waals surface area contributed by atoms with E-state index in [0.29, 0.717) is 16.5 Å². The number of thiophene rings is 1. The van der Waals surface area contributed by atoms with E-state index in [-0.39, 0.29) is 5.91 Å². The Morgan fingerprint density at radius 3 is 2.63 bits per heavy atom. The van der Waals surface area contributed by atoms with E-state index in [1.807, 2.05) is 30.5 Å². The first kappa shape index (κ1) is 13.6. The van der Waals surface area contributed by atoms with Crippen molar-refractivity contribution in [2.24, 2.45) is 0 Å². The fourth-order valence-corrected chi connectivity index (χ4v) is 2.73. The second kappa shape index (κ2) is 5.45. The van der Waals surface area contributed by atoms with Gasteiger partial charge in [0.2, 0.25) is 0 Å². The monoisotopic (exact) mass is 274 g/mol. The van der Waals surface area contributed by atoms with E-state index in [2.05, 4.69) is 19.2 Å². The summed E-state index contributed by atoms with van der Waals surface area (Å²) in [4.78, 5) is 12.8. The molecule has 1 amide bonds. The molecule has 2 rings (SSSR count). The molecule has 1 heterocycles. The van der Waals surface area contributed by atoms with E-state index in [0.717, 1.165) is 16.8 Å². The average molecular weight is 274 g/mol. The molecule has 0 saturated heterocycles. The molecule has 0 unspecified atom stereocenters. The van der Waals surface area contributed by atoms with Crippen LogP contribution >= 0.6 is 11.3 Å². The van der Waals surface area contributed by atoms with Gasteiger partial charge < -0.3 is 11.1 Å². The minimum absolute atomic E-state index is 0.135. The molecule has 0 aliphatic heterocycles. The van der Waals surface area contributed by atoms with E-state index in [9.17, 15) is 4.79 Å². The van der Waals surface area contributed by atoms with Gasteiger partial charge in [0.1, 0.15) is 4.88 Å². The van der Waals surface area contributed by atoms with Gasteiger partial charge in [-0.1, -0.05) is 32.0 Å². The van der Waals surface area contributed by atoms with Crippen molar-refractivity contribution in [3.63, 3.8) is 0 Å². The van der Waals surface area contributed by atoms with Crippen molar-refractivity contribution >= 4 is 28.6 Å². The Labute approximate surface area is 117 Å². The molecule has 0 radical (unpaired) electrons. The number of hydrogen-bond acceptors (Lipinski definition) is 3. The second-order valence-corrected chi connectivity index (χ2v) is 5.77. The van der Waals surface area contributed by atoms with Crippen LogP contribution in [0.2, 0.25) is 0 Å². The first-order valence-electron chi connectivity index (χ1n) is 6.24. The van der Waals surface area contributed by atoms with Crippen LogP contribution < -0.4 is 11.1 Å². The minimum Gasteiger partial charge on any atom is -0.397 e. The van der Waals surface area contributed by atoms with Crippen molar-refractivity contribution in [3.05, 3.63) is 45.6 Å². The highest BCUT2D eigenvalue weighted by Crippen LogP contribution is 2.29. The molecule has 0 bridgehead atoms. The number of amides is 1. The molecule has 3 nitrogen and oxygen atoms in total. The molecule has 100 valence electrons. The molecule has 0 aliphatic carbocycles. The van der Waals surface area contributed by atoms with Gasteiger partial charge in [-0.15, -0.1) is 11.3 Å². The number of aryl methyl sites for hydroxylation is 1. The van der Waals surface area contributed by atoms with E-state index < -0.39 is 0 Å². The summed E-state index contributed by atoms with van der Waals surface area (Å²) in [5, 5.41) is 4.82. The van der Waals surface area contributed by atoms with Crippen LogP contribution in [0.25, 0.3) is 0 Å². The highest BCUT2D eigenvalue weighted by molar-refractivity contribution is 7.12. The third-order valence-corrected chi connectivity index (χ3v) is 4.00. The predicted molar refractivity (Wildman–Crippen MR) is 82.0 cm³/mol. The van der Waals surface area contributed by atoms with Crippen LogP contribution in [0.15, 0.2) is 29.6 Å². The number of para-hydroxylation sites is 1. The minimum atomic E-state index is -0.135. The highest BCUT2D eigenvalue weighted by atomic mass is 32.1. The third-order valence-electron chi connectivity index (χ3n) is 3.07. The smallest absolute Gasteiger partial charge is 0.267 e. The van der Waals surface area contributed by atoms with Gasteiger partial charge in [-0.3, -0.25) is 4.79 Å². The maximum Gasteiger partial charge on any atom is 0.267 e. The van der Waals surface area contributed by atoms with E-state index in [1.54, 1.807) is 6.07 Å². The van der Waals surface area contributed by atoms with Crippen LogP contribution in [0.4, 0.5) is 11.4 Å². The molecule has 0 spiro atoms. The zero-order chi connectivity index (χ0) is 14.0. The van der Waals surface area contributed by atoms with Gasteiger partial charge in [0.05, 0.1) is 5.69 Å². The molecule has 2 aromatic rings. The summed E-state index contributed by atoms with van der Waals surface area (Å²) in [6, 6.07) is 7.81. The van der Waals surface area contributed by atoms with Crippen LogP contribution in [0, 0.1) is 6.92 Å². The molecule has 0 atom stereocenters. The summed E-state index contributed by atoms with van der Waals surface area (Å²) in [6.45, 7) is 6.23. The Morgan fingerprint density at radius 2 is 2.05 bits per heavy atom. The molecular formula is C15H18N2OS. The fourth-order valence-electron chi connectivity index (χ4n) is 2.02. The van der Waals surface area contributed by atoms with Gasteiger partial charge in [-0.05, 0) is 35.4 Å².